The second-order valence-corrected chi connectivity index (χ2v) is 7.52. The van der Waals surface area contributed by atoms with Gasteiger partial charge in [0.2, 0.25) is 0 Å². The van der Waals surface area contributed by atoms with Crippen molar-refractivity contribution < 1.29 is 32.3 Å². The molecule has 1 N–H and O–H groups in total. The molecule has 1 aliphatic rings. The summed E-state index contributed by atoms with van der Waals surface area (Å²) in [5, 5.41) is 14.5. The first kappa shape index (κ1) is 22.3. The molecule has 0 radical (unpaired) electrons. The van der Waals surface area contributed by atoms with E-state index in [0.717, 1.165) is 17.1 Å². The average molecular weight is 475 g/mol. The van der Waals surface area contributed by atoms with Gasteiger partial charge in [-0.2, -0.15) is 23.3 Å². The van der Waals surface area contributed by atoms with Gasteiger partial charge in [0.05, 0.1) is 33.1 Å². The van der Waals surface area contributed by atoms with Crippen molar-refractivity contribution in [2.75, 3.05) is 5.01 Å². The summed E-state index contributed by atoms with van der Waals surface area (Å²) in [5.74, 6) is -1.33. The quantitative estimate of drug-likeness (QED) is 0.461. The Hall–Kier alpha value is -3.85. The largest absolute Gasteiger partial charge is 0.478 e. The molecule has 0 bridgehead atoms. The third-order valence-corrected chi connectivity index (χ3v) is 5.20. The maximum absolute atomic E-state index is 13.0. The molecule has 4 rings (SSSR count). The van der Waals surface area contributed by atoms with Crippen LogP contribution in [0.3, 0.4) is 0 Å². The van der Waals surface area contributed by atoms with Crippen molar-refractivity contribution in [2.45, 2.75) is 13.1 Å². The number of benzene rings is 2. The Morgan fingerprint density at radius 2 is 1.91 bits per heavy atom. The molecular weight excluding hydrogens is 461 g/mol. The fourth-order valence-electron chi connectivity index (χ4n) is 3.24. The van der Waals surface area contributed by atoms with Gasteiger partial charge in [0.25, 0.3) is 5.91 Å². The summed E-state index contributed by atoms with van der Waals surface area (Å²) in [6.45, 7) is 1.59. The number of rotatable bonds is 4. The molecule has 0 fully saturated rings. The SMILES string of the molecule is CC1=NN(c2ccc(Cl)c(C(=O)O)c2)C(=O)/C1=C/c1ccc(-c2cccc(C(F)(F)F)c2)o1. The van der Waals surface area contributed by atoms with Gasteiger partial charge in [0, 0.05) is 5.56 Å². The van der Waals surface area contributed by atoms with Crippen LogP contribution in [0, 0.1) is 0 Å². The Kier molecular flexibility index (Phi) is 5.59. The fourth-order valence-corrected chi connectivity index (χ4v) is 3.44. The molecule has 0 unspecified atom stereocenters. The highest BCUT2D eigenvalue weighted by molar-refractivity contribution is 6.34. The Balaban J connectivity index is 1.62. The van der Waals surface area contributed by atoms with E-state index in [1.807, 2.05) is 0 Å². The highest BCUT2D eigenvalue weighted by atomic mass is 35.5. The third kappa shape index (κ3) is 4.40. The van der Waals surface area contributed by atoms with Gasteiger partial charge in [0.1, 0.15) is 11.5 Å². The number of carbonyl (C=O) groups is 2. The lowest BCUT2D eigenvalue weighted by Crippen LogP contribution is -2.21. The predicted molar refractivity (Wildman–Crippen MR) is 116 cm³/mol. The minimum atomic E-state index is -4.48. The number of carboxylic acid groups (broad SMARTS) is 1. The Bertz CT molecular complexity index is 1340. The van der Waals surface area contributed by atoms with E-state index >= 15 is 0 Å². The molecule has 33 heavy (non-hydrogen) atoms. The van der Waals surface area contributed by atoms with Gasteiger partial charge >= 0.3 is 12.1 Å². The van der Waals surface area contributed by atoms with Crippen LogP contribution in [0.25, 0.3) is 17.4 Å². The maximum atomic E-state index is 13.0. The van der Waals surface area contributed by atoms with Gasteiger partial charge in [-0.25, -0.2) is 4.79 Å². The Morgan fingerprint density at radius 3 is 2.61 bits per heavy atom. The van der Waals surface area contributed by atoms with Crippen molar-refractivity contribution in [3.8, 4) is 11.3 Å². The van der Waals surface area contributed by atoms with Gasteiger partial charge < -0.3 is 9.52 Å². The van der Waals surface area contributed by atoms with Crippen LogP contribution in [0.5, 0.6) is 0 Å². The van der Waals surface area contributed by atoms with E-state index in [1.54, 1.807) is 6.92 Å². The molecule has 2 aromatic carbocycles. The van der Waals surface area contributed by atoms with Crippen LogP contribution in [0.15, 0.2) is 69.7 Å². The number of carbonyl (C=O) groups excluding carboxylic acids is 1. The molecule has 3 aromatic rings. The number of hydrogen-bond acceptors (Lipinski definition) is 4. The molecule has 1 amide bonds. The molecule has 1 aliphatic heterocycles. The second kappa shape index (κ2) is 8.25. The number of amides is 1. The van der Waals surface area contributed by atoms with Crippen LogP contribution in [0.4, 0.5) is 18.9 Å². The van der Waals surface area contributed by atoms with E-state index in [2.05, 4.69) is 5.10 Å². The van der Waals surface area contributed by atoms with Crippen LogP contribution in [-0.4, -0.2) is 22.7 Å². The van der Waals surface area contributed by atoms with E-state index in [4.69, 9.17) is 16.0 Å². The predicted octanol–water partition coefficient (Wildman–Crippen LogP) is 6.12. The second-order valence-electron chi connectivity index (χ2n) is 7.11. The Morgan fingerprint density at radius 1 is 1.15 bits per heavy atom. The van der Waals surface area contributed by atoms with Crippen molar-refractivity contribution in [2.24, 2.45) is 5.10 Å². The number of alkyl halides is 3. The summed E-state index contributed by atoms with van der Waals surface area (Å²) in [6, 6.07) is 11.8. The topological polar surface area (TPSA) is 83.1 Å². The number of anilines is 1. The molecular formula is C23H14ClF3N2O4. The first-order valence-corrected chi connectivity index (χ1v) is 9.84. The summed E-state index contributed by atoms with van der Waals surface area (Å²) in [6.07, 6.45) is -3.06. The van der Waals surface area contributed by atoms with Crippen LogP contribution < -0.4 is 5.01 Å². The minimum Gasteiger partial charge on any atom is -0.478 e. The summed E-state index contributed by atoms with van der Waals surface area (Å²) < 4.78 is 44.6. The summed E-state index contributed by atoms with van der Waals surface area (Å²) >= 11 is 5.88. The number of aromatic carboxylic acids is 1. The highest BCUT2D eigenvalue weighted by Gasteiger charge is 2.31. The summed E-state index contributed by atoms with van der Waals surface area (Å²) in [4.78, 5) is 24.2. The fraction of sp³-hybridized carbons (Fsp3) is 0.0870. The number of halogens is 4. The van der Waals surface area contributed by atoms with E-state index in [1.165, 1.54) is 48.5 Å². The zero-order valence-electron chi connectivity index (χ0n) is 16.9. The van der Waals surface area contributed by atoms with Crippen molar-refractivity contribution >= 4 is 41.0 Å². The van der Waals surface area contributed by atoms with Gasteiger partial charge in [-0.15, -0.1) is 0 Å². The lowest BCUT2D eigenvalue weighted by atomic mass is 10.1. The first-order valence-electron chi connectivity index (χ1n) is 9.46. The van der Waals surface area contributed by atoms with Crippen LogP contribution in [0.2, 0.25) is 5.02 Å². The zero-order valence-corrected chi connectivity index (χ0v) is 17.6. The molecule has 10 heteroatoms. The highest BCUT2D eigenvalue weighted by Crippen LogP contribution is 2.33. The van der Waals surface area contributed by atoms with Crippen molar-refractivity contribution in [1.82, 2.24) is 0 Å². The molecule has 1 aromatic heterocycles. The molecule has 0 aliphatic carbocycles. The smallest absolute Gasteiger partial charge is 0.416 e. The third-order valence-electron chi connectivity index (χ3n) is 4.88. The number of carboxylic acids is 1. The average Bonchev–Trinajstić information content (AvgIpc) is 3.34. The van der Waals surface area contributed by atoms with Gasteiger partial charge in [-0.3, -0.25) is 4.79 Å². The molecule has 168 valence electrons. The van der Waals surface area contributed by atoms with Crippen molar-refractivity contribution in [3.05, 3.63) is 82.1 Å². The van der Waals surface area contributed by atoms with Crippen molar-refractivity contribution in [1.29, 1.82) is 0 Å². The Labute approximate surface area is 190 Å². The molecule has 6 nitrogen and oxygen atoms in total. The lowest BCUT2D eigenvalue weighted by Gasteiger charge is -2.12. The first-order chi connectivity index (χ1) is 15.5. The normalized spacial score (nSPS) is 15.3. The molecule has 0 atom stereocenters. The van der Waals surface area contributed by atoms with Crippen LogP contribution >= 0.6 is 11.6 Å². The molecule has 0 saturated carbocycles. The molecule has 2 heterocycles. The van der Waals surface area contributed by atoms with Gasteiger partial charge in [-0.1, -0.05) is 23.7 Å². The maximum Gasteiger partial charge on any atom is 0.416 e. The van der Waals surface area contributed by atoms with Crippen molar-refractivity contribution in [3.63, 3.8) is 0 Å². The molecule has 0 saturated heterocycles. The van der Waals surface area contributed by atoms with Gasteiger partial charge in [0.15, 0.2) is 0 Å². The van der Waals surface area contributed by atoms with Gasteiger partial charge in [-0.05, 0) is 55.5 Å². The molecule has 0 spiro atoms. The lowest BCUT2D eigenvalue weighted by molar-refractivity contribution is -0.137. The number of furan rings is 1. The van der Waals surface area contributed by atoms with Crippen LogP contribution in [0.1, 0.15) is 28.6 Å². The monoisotopic (exact) mass is 474 g/mol. The van der Waals surface area contributed by atoms with E-state index in [-0.39, 0.29) is 38.9 Å². The zero-order chi connectivity index (χ0) is 23.9. The van der Waals surface area contributed by atoms with Crippen LogP contribution in [-0.2, 0) is 11.0 Å². The number of hydrazone groups is 1. The number of nitrogens with zero attached hydrogens (tertiary/aromatic N) is 2. The minimum absolute atomic E-state index is 0.0204. The standard InChI is InChI=1S/C23H14ClF3N2O4/c1-12-17(21(30)29(28-12)15-5-7-19(24)18(10-15)22(31)32)11-16-6-8-20(33-16)13-3-2-4-14(9-13)23(25,26)27/h2-11H,1H3,(H,31,32)/b17-11+. The summed E-state index contributed by atoms with van der Waals surface area (Å²) in [7, 11) is 0. The van der Waals surface area contributed by atoms with E-state index < -0.39 is 23.6 Å². The summed E-state index contributed by atoms with van der Waals surface area (Å²) in [5.41, 5.74) is 0.0134. The number of hydrogen-bond donors (Lipinski definition) is 1. The van der Waals surface area contributed by atoms with E-state index in [9.17, 15) is 27.9 Å². The van der Waals surface area contributed by atoms with E-state index in [0.29, 0.717) is 5.71 Å².